The molecule has 0 aromatic heterocycles. The maximum Gasteiger partial charge on any atom is 0.410 e. The molecule has 4 rings (SSSR count). The van der Waals surface area contributed by atoms with Gasteiger partial charge in [0.05, 0.1) is 12.7 Å². The average molecular weight is 483 g/mol. The summed E-state index contributed by atoms with van der Waals surface area (Å²) in [6.07, 6.45) is 3.07. The molecule has 0 radical (unpaired) electrons. The largest absolute Gasteiger partial charge is 0.445 e. The van der Waals surface area contributed by atoms with Gasteiger partial charge in [-0.3, -0.25) is 15.0 Å². The number of hydrogen-bond acceptors (Lipinski definition) is 6. The fourth-order valence-corrected chi connectivity index (χ4v) is 5.59. The van der Waals surface area contributed by atoms with Crippen LogP contribution in [0.1, 0.15) is 56.1 Å². The van der Waals surface area contributed by atoms with Crippen LogP contribution in [-0.2, 0) is 16.1 Å². The van der Waals surface area contributed by atoms with Crippen LogP contribution >= 0.6 is 0 Å². The van der Waals surface area contributed by atoms with Gasteiger partial charge in [0.25, 0.3) is 5.54 Å². The Hall–Kier alpha value is -2.97. The van der Waals surface area contributed by atoms with E-state index in [0.717, 1.165) is 31.2 Å². The lowest BCUT2D eigenvalue weighted by molar-refractivity contribution is -0.577. The van der Waals surface area contributed by atoms with Gasteiger partial charge in [0.15, 0.2) is 0 Å². The zero-order valence-corrected chi connectivity index (χ0v) is 20.1. The smallest absolute Gasteiger partial charge is 0.410 e. The molecule has 1 saturated heterocycles. The van der Waals surface area contributed by atoms with Gasteiger partial charge in [-0.2, -0.15) is 0 Å². The number of aliphatic hydroxyl groups is 1. The minimum absolute atomic E-state index is 0.00696. The number of carbonyl (C=O) groups is 1. The van der Waals surface area contributed by atoms with Crippen LogP contribution in [0.3, 0.4) is 0 Å². The van der Waals surface area contributed by atoms with E-state index in [1.54, 1.807) is 6.92 Å². The van der Waals surface area contributed by atoms with Crippen LogP contribution in [0.25, 0.3) is 0 Å². The molecular weight excluding hydrogens is 448 g/mol. The molecule has 1 aliphatic carbocycles. The fourth-order valence-electron chi connectivity index (χ4n) is 5.59. The predicted molar refractivity (Wildman–Crippen MR) is 131 cm³/mol. The maximum atomic E-state index is 13.1. The highest BCUT2D eigenvalue weighted by atomic mass is 16.6. The summed E-state index contributed by atoms with van der Waals surface area (Å²) in [5.41, 5.74) is 0.487. The Labute approximate surface area is 206 Å². The molecule has 1 saturated carbocycles. The van der Waals surface area contributed by atoms with Crippen molar-refractivity contribution in [1.82, 2.24) is 4.90 Å². The molecule has 1 heterocycles. The number of aliphatic hydroxyl groups excluding tert-OH is 1. The molecular formula is C27H34N2O6. The molecule has 2 aliphatic rings. The van der Waals surface area contributed by atoms with Gasteiger partial charge < -0.3 is 14.6 Å². The van der Waals surface area contributed by atoms with Crippen LogP contribution in [0, 0.1) is 10.1 Å². The Kier molecular flexibility index (Phi) is 8.03. The van der Waals surface area contributed by atoms with Crippen molar-refractivity contribution in [2.24, 2.45) is 0 Å². The van der Waals surface area contributed by atoms with Crippen LogP contribution < -0.4 is 0 Å². The first-order chi connectivity index (χ1) is 16.9. The van der Waals surface area contributed by atoms with E-state index < -0.39 is 35.2 Å². The number of hydrogen-bond donors (Lipinski definition) is 1. The SMILES string of the molecule is C[C@@H]1CC(CO)([N+](=O)[O-])[C@H](COC2CCC(c3ccccc3)CC2)N1C(=O)OCc1ccccc1. The summed E-state index contributed by atoms with van der Waals surface area (Å²) in [6.45, 7) is 1.15. The standard InChI is InChI=1S/C27H34N2O6/c1-20-16-27(19-30,29(32)33)25(28(20)26(31)35-17-21-8-4-2-5-9-21)18-34-24-14-12-23(13-15-24)22-10-6-3-7-11-22/h2-11,20,23-25,30H,12-19H2,1H3/t20-,23?,24?,25+,27?/m1/s1. The summed E-state index contributed by atoms with van der Waals surface area (Å²) in [6, 6.07) is 18.3. The van der Waals surface area contributed by atoms with E-state index in [1.165, 1.54) is 10.5 Å². The average Bonchev–Trinajstić information content (AvgIpc) is 3.20. The zero-order chi connectivity index (χ0) is 24.8. The van der Waals surface area contributed by atoms with E-state index in [-0.39, 0.29) is 25.7 Å². The second-order valence-electron chi connectivity index (χ2n) is 9.75. The van der Waals surface area contributed by atoms with Crippen molar-refractivity contribution < 1.29 is 24.3 Å². The third kappa shape index (κ3) is 5.49. The summed E-state index contributed by atoms with van der Waals surface area (Å²) < 4.78 is 11.7. The Balaban J connectivity index is 1.41. The van der Waals surface area contributed by atoms with Gasteiger partial charge in [-0.25, -0.2) is 4.79 Å². The van der Waals surface area contributed by atoms with Gasteiger partial charge in [0, 0.05) is 17.4 Å². The van der Waals surface area contributed by atoms with Crippen LogP contribution in [0.5, 0.6) is 0 Å². The third-order valence-corrected chi connectivity index (χ3v) is 7.57. The molecule has 2 fully saturated rings. The van der Waals surface area contributed by atoms with Gasteiger partial charge in [0.2, 0.25) is 0 Å². The quantitative estimate of drug-likeness (QED) is 0.438. The lowest BCUT2D eigenvalue weighted by Crippen LogP contribution is -2.56. The number of likely N-dealkylation sites (tertiary alicyclic amines) is 1. The molecule has 8 nitrogen and oxygen atoms in total. The number of amides is 1. The van der Waals surface area contributed by atoms with E-state index >= 15 is 0 Å². The third-order valence-electron chi connectivity index (χ3n) is 7.57. The van der Waals surface area contributed by atoms with Gasteiger partial charge in [-0.05, 0) is 49.7 Å². The van der Waals surface area contributed by atoms with E-state index in [1.807, 2.05) is 36.4 Å². The summed E-state index contributed by atoms with van der Waals surface area (Å²) in [5.74, 6) is 0.488. The minimum Gasteiger partial charge on any atom is -0.445 e. The van der Waals surface area contributed by atoms with Crippen molar-refractivity contribution in [3.63, 3.8) is 0 Å². The molecule has 35 heavy (non-hydrogen) atoms. The summed E-state index contributed by atoms with van der Waals surface area (Å²) in [7, 11) is 0. The number of nitro groups is 1. The second-order valence-corrected chi connectivity index (χ2v) is 9.75. The van der Waals surface area contributed by atoms with Crippen molar-refractivity contribution in [1.29, 1.82) is 0 Å². The molecule has 3 atom stereocenters. The van der Waals surface area contributed by atoms with E-state index in [4.69, 9.17) is 9.47 Å². The maximum absolute atomic E-state index is 13.1. The molecule has 1 N–H and O–H groups in total. The molecule has 1 amide bonds. The molecule has 0 bridgehead atoms. The normalized spacial score (nSPS) is 28.6. The van der Waals surface area contributed by atoms with Crippen molar-refractivity contribution in [3.8, 4) is 0 Å². The first-order valence-electron chi connectivity index (χ1n) is 12.4. The minimum atomic E-state index is -1.67. The predicted octanol–water partition coefficient (Wildman–Crippen LogP) is 4.54. The highest BCUT2D eigenvalue weighted by Crippen LogP contribution is 2.38. The molecule has 8 heteroatoms. The summed E-state index contributed by atoms with van der Waals surface area (Å²) >= 11 is 0. The van der Waals surface area contributed by atoms with Crippen LogP contribution in [-0.4, -0.2) is 58.0 Å². The van der Waals surface area contributed by atoms with Gasteiger partial charge in [-0.15, -0.1) is 0 Å². The van der Waals surface area contributed by atoms with Crippen molar-refractivity contribution in [3.05, 3.63) is 81.9 Å². The number of nitrogens with zero attached hydrogens (tertiary/aromatic N) is 2. The highest BCUT2D eigenvalue weighted by Gasteiger charge is 2.62. The monoisotopic (exact) mass is 482 g/mol. The fraction of sp³-hybridized carbons (Fsp3) is 0.519. The molecule has 0 spiro atoms. The first-order valence-corrected chi connectivity index (χ1v) is 12.4. The second kappa shape index (κ2) is 11.2. The van der Waals surface area contributed by atoms with E-state index in [2.05, 4.69) is 24.3 Å². The van der Waals surface area contributed by atoms with Gasteiger partial charge >= 0.3 is 6.09 Å². The van der Waals surface area contributed by atoms with E-state index in [0.29, 0.717) is 5.92 Å². The van der Waals surface area contributed by atoms with Crippen LogP contribution in [0.2, 0.25) is 0 Å². The molecule has 2 aromatic carbocycles. The molecule has 1 aliphatic heterocycles. The number of benzene rings is 2. The lowest BCUT2D eigenvalue weighted by Gasteiger charge is -2.34. The van der Waals surface area contributed by atoms with Gasteiger partial charge in [0.1, 0.15) is 19.3 Å². The Morgan fingerprint density at radius 1 is 1.09 bits per heavy atom. The lowest BCUT2D eigenvalue weighted by atomic mass is 9.82. The van der Waals surface area contributed by atoms with Crippen molar-refractivity contribution in [2.75, 3.05) is 13.2 Å². The molecule has 188 valence electrons. The summed E-state index contributed by atoms with van der Waals surface area (Å²) in [4.78, 5) is 26.1. The number of ether oxygens (including phenoxy) is 2. The Bertz CT molecular complexity index is 980. The zero-order valence-electron chi connectivity index (χ0n) is 20.1. The highest BCUT2D eigenvalue weighted by molar-refractivity contribution is 5.69. The number of rotatable bonds is 8. The summed E-state index contributed by atoms with van der Waals surface area (Å²) in [5, 5.41) is 22.2. The topological polar surface area (TPSA) is 102 Å². The Morgan fingerprint density at radius 3 is 2.31 bits per heavy atom. The first kappa shape index (κ1) is 25.1. The van der Waals surface area contributed by atoms with Crippen LogP contribution in [0.4, 0.5) is 4.79 Å². The van der Waals surface area contributed by atoms with Crippen molar-refractivity contribution in [2.45, 2.75) is 75.3 Å². The number of carbonyl (C=O) groups excluding carboxylic acids is 1. The van der Waals surface area contributed by atoms with E-state index in [9.17, 15) is 20.0 Å². The molecule has 1 unspecified atom stereocenters. The molecule has 2 aromatic rings. The van der Waals surface area contributed by atoms with Crippen molar-refractivity contribution >= 4 is 6.09 Å². The van der Waals surface area contributed by atoms with Gasteiger partial charge in [-0.1, -0.05) is 60.7 Å². The Morgan fingerprint density at radius 2 is 1.71 bits per heavy atom. The van der Waals surface area contributed by atoms with Crippen LogP contribution in [0.15, 0.2) is 60.7 Å².